The van der Waals surface area contributed by atoms with Gasteiger partial charge in [-0.1, -0.05) is 29.8 Å². The molecule has 0 fully saturated rings. The first kappa shape index (κ1) is 18.5. The van der Waals surface area contributed by atoms with Crippen molar-refractivity contribution in [2.24, 2.45) is 0 Å². The highest BCUT2D eigenvalue weighted by Gasteiger charge is 2.07. The van der Waals surface area contributed by atoms with Gasteiger partial charge in [0, 0.05) is 39.9 Å². The van der Waals surface area contributed by atoms with E-state index in [2.05, 4.69) is 44.9 Å². The molecule has 0 aliphatic heterocycles. The number of fused-ring (bicyclic) bond motifs is 2. The molecule has 0 amide bonds. The van der Waals surface area contributed by atoms with Gasteiger partial charge in [0.2, 0.25) is 0 Å². The molecule has 6 heteroatoms. The first-order valence-corrected chi connectivity index (χ1v) is 9.95. The van der Waals surface area contributed by atoms with Crippen molar-refractivity contribution >= 4 is 50.5 Å². The number of aromatic nitrogens is 2. The normalized spacial score (nSPS) is 11.1. The van der Waals surface area contributed by atoms with E-state index < -0.39 is 5.82 Å². The Morgan fingerprint density at radius 1 is 0.933 bits per heavy atom. The van der Waals surface area contributed by atoms with Crippen molar-refractivity contribution in [3.05, 3.63) is 95.5 Å². The van der Waals surface area contributed by atoms with E-state index in [1.54, 1.807) is 18.3 Å². The molecule has 0 unspecified atom stereocenters. The van der Waals surface area contributed by atoms with Gasteiger partial charge in [-0.15, -0.1) is 0 Å². The molecule has 30 heavy (non-hydrogen) atoms. The molecule has 0 saturated heterocycles. The summed E-state index contributed by atoms with van der Waals surface area (Å²) in [4.78, 5) is 7.87. The number of nitrogens with one attached hydrogen (secondary N) is 3. The van der Waals surface area contributed by atoms with Crippen molar-refractivity contribution in [3.63, 3.8) is 0 Å². The lowest BCUT2D eigenvalue weighted by Crippen LogP contribution is -2.00. The quantitative estimate of drug-likeness (QED) is 0.293. The van der Waals surface area contributed by atoms with Crippen LogP contribution in [0.15, 0.2) is 79.0 Å². The molecule has 0 aliphatic rings. The minimum Gasteiger partial charge on any atom is -0.379 e. The topological polar surface area (TPSA) is 52.7 Å². The fourth-order valence-corrected chi connectivity index (χ4v) is 3.70. The second kappa shape index (κ2) is 7.69. The maximum Gasteiger partial charge on any atom is 0.141 e. The number of nitrogens with zero attached hydrogens (tertiary/aromatic N) is 1. The van der Waals surface area contributed by atoms with Crippen LogP contribution in [-0.4, -0.2) is 9.97 Å². The average molecular weight is 417 g/mol. The van der Waals surface area contributed by atoms with Gasteiger partial charge in [0.1, 0.15) is 5.82 Å². The molecule has 0 bridgehead atoms. The maximum absolute atomic E-state index is 13.5. The lowest BCUT2D eigenvalue weighted by molar-refractivity contribution is 0.628. The van der Waals surface area contributed by atoms with Crippen molar-refractivity contribution in [1.29, 1.82) is 0 Å². The van der Waals surface area contributed by atoms with Gasteiger partial charge in [0.25, 0.3) is 0 Å². The van der Waals surface area contributed by atoms with Crippen molar-refractivity contribution in [1.82, 2.24) is 9.97 Å². The fraction of sp³-hybridized carbons (Fsp3) is 0.0417. The van der Waals surface area contributed by atoms with Crippen LogP contribution in [0.1, 0.15) is 5.69 Å². The van der Waals surface area contributed by atoms with Crippen LogP contribution in [0, 0.1) is 5.82 Å². The molecule has 0 spiro atoms. The Hall–Kier alpha value is -3.57. The van der Waals surface area contributed by atoms with E-state index in [-0.39, 0.29) is 5.02 Å². The summed E-state index contributed by atoms with van der Waals surface area (Å²) in [7, 11) is 0. The Balaban J connectivity index is 1.41. The highest BCUT2D eigenvalue weighted by molar-refractivity contribution is 6.31. The summed E-state index contributed by atoms with van der Waals surface area (Å²) in [6, 6.07) is 22.9. The van der Waals surface area contributed by atoms with Crippen LogP contribution in [0.5, 0.6) is 0 Å². The van der Waals surface area contributed by atoms with Crippen LogP contribution in [0.3, 0.4) is 0 Å². The second-order valence-corrected chi connectivity index (χ2v) is 7.49. The zero-order chi connectivity index (χ0) is 20.5. The van der Waals surface area contributed by atoms with Crippen LogP contribution in [-0.2, 0) is 6.54 Å². The van der Waals surface area contributed by atoms with Crippen molar-refractivity contribution in [3.8, 4) is 0 Å². The average Bonchev–Trinajstić information content (AvgIpc) is 3.18. The van der Waals surface area contributed by atoms with E-state index >= 15 is 0 Å². The largest absolute Gasteiger partial charge is 0.379 e. The lowest BCUT2D eigenvalue weighted by Gasteiger charge is -2.12. The summed E-state index contributed by atoms with van der Waals surface area (Å²) < 4.78 is 13.5. The summed E-state index contributed by atoms with van der Waals surface area (Å²) in [5.74, 6) is -0.440. The molecule has 0 radical (unpaired) electrons. The highest BCUT2D eigenvalue weighted by atomic mass is 35.5. The summed E-state index contributed by atoms with van der Waals surface area (Å²) in [5.41, 5.74) is 5.67. The Morgan fingerprint density at radius 3 is 2.67 bits per heavy atom. The highest BCUT2D eigenvalue weighted by Crippen LogP contribution is 2.29. The Kier molecular flexibility index (Phi) is 4.73. The van der Waals surface area contributed by atoms with Gasteiger partial charge in [-0.05, 0) is 60.0 Å². The van der Waals surface area contributed by atoms with Crippen LogP contribution >= 0.6 is 11.6 Å². The van der Waals surface area contributed by atoms with E-state index in [1.807, 2.05) is 30.3 Å². The molecule has 0 aliphatic carbocycles. The third kappa shape index (κ3) is 3.67. The molecule has 0 atom stereocenters. The van der Waals surface area contributed by atoms with Crippen LogP contribution < -0.4 is 10.6 Å². The summed E-state index contributed by atoms with van der Waals surface area (Å²) in [6.45, 7) is 0.677. The monoisotopic (exact) mass is 416 g/mol. The van der Waals surface area contributed by atoms with Crippen LogP contribution in [0.25, 0.3) is 21.8 Å². The molecular formula is C24H18ClFN4. The number of benzene rings is 3. The van der Waals surface area contributed by atoms with Gasteiger partial charge in [0.15, 0.2) is 0 Å². The van der Waals surface area contributed by atoms with Gasteiger partial charge in [-0.3, -0.25) is 4.98 Å². The van der Waals surface area contributed by atoms with Gasteiger partial charge < -0.3 is 15.6 Å². The Bertz CT molecular complexity index is 1330. The zero-order valence-corrected chi connectivity index (χ0v) is 16.7. The minimum atomic E-state index is -0.440. The number of pyridine rings is 1. The Morgan fingerprint density at radius 2 is 1.80 bits per heavy atom. The summed E-state index contributed by atoms with van der Waals surface area (Å²) >= 11 is 5.91. The fourth-order valence-electron chi connectivity index (χ4n) is 3.52. The predicted molar refractivity (Wildman–Crippen MR) is 122 cm³/mol. The zero-order valence-electron chi connectivity index (χ0n) is 15.9. The molecule has 4 nitrogen and oxygen atoms in total. The third-order valence-corrected chi connectivity index (χ3v) is 5.30. The van der Waals surface area contributed by atoms with Gasteiger partial charge in [-0.2, -0.15) is 0 Å². The number of aromatic amines is 1. The van der Waals surface area contributed by atoms with Crippen LogP contribution in [0.2, 0.25) is 5.02 Å². The van der Waals surface area contributed by atoms with E-state index in [0.717, 1.165) is 33.5 Å². The van der Waals surface area contributed by atoms with Gasteiger partial charge in [-0.25, -0.2) is 4.39 Å². The number of anilines is 3. The van der Waals surface area contributed by atoms with Gasteiger partial charge in [0.05, 0.1) is 17.1 Å². The molecule has 148 valence electrons. The molecule has 5 rings (SSSR count). The number of H-pyrrole nitrogens is 1. The first-order chi connectivity index (χ1) is 14.7. The number of hydrogen-bond acceptors (Lipinski definition) is 3. The first-order valence-electron chi connectivity index (χ1n) is 9.57. The lowest BCUT2D eigenvalue weighted by atomic mass is 10.1. The number of halogens is 2. The van der Waals surface area contributed by atoms with E-state index in [9.17, 15) is 4.39 Å². The molecular weight excluding hydrogens is 399 g/mol. The second-order valence-electron chi connectivity index (χ2n) is 7.08. The Labute approximate surface area is 177 Å². The maximum atomic E-state index is 13.5. The summed E-state index contributed by atoms with van der Waals surface area (Å²) in [6.07, 6.45) is 1.74. The van der Waals surface area contributed by atoms with Crippen molar-refractivity contribution in [2.45, 2.75) is 6.54 Å². The number of para-hydroxylation sites is 1. The minimum absolute atomic E-state index is 0.0825. The molecule has 3 N–H and O–H groups in total. The van der Waals surface area contributed by atoms with Crippen molar-refractivity contribution < 1.29 is 4.39 Å². The SMILES string of the molecule is Fc1ccc(Nc2ccnc3ccc(NCc4cc5ccccc5[nH]4)cc23)cc1Cl. The molecule has 3 aromatic carbocycles. The van der Waals surface area contributed by atoms with Crippen LogP contribution in [0.4, 0.5) is 21.5 Å². The standard InChI is InChI=1S/C24H18ClFN4/c25-20-13-17(5-7-21(20)26)29-24-9-10-27-23-8-6-16(12-19(23)24)28-14-18-11-15-3-1-2-4-22(15)30-18/h1-13,28,30H,14H2,(H,27,29). The smallest absolute Gasteiger partial charge is 0.141 e. The molecule has 2 heterocycles. The molecule has 5 aromatic rings. The predicted octanol–water partition coefficient (Wildman–Crippen LogP) is 6.86. The number of rotatable bonds is 5. The number of hydrogen-bond donors (Lipinski definition) is 3. The van der Waals surface area contributed by atoms with Gasteiger partial charge >= 0.3 is 0 Å². The summed E-state index contributed by atoms with van der Waals surface area (Å²) in [5, 5.41) is 9.01. The van der Waals surface area contributed by atoms with E-state index in [0.29, 0.717) is 12.2 Å². The van der Waals surface area contributed by atoms with Crippen molar-refractivity contribution in [2.75, 3.05) is 10.6 Å². The third-order valence-electron chi connectivity index (χ3n) is 5.01. The van der Waals surface area contributed by atoms with E-state index in [1.165, 1.54) is 11.5 Å². The molecule has 0 saturated carbocycles. The van der Waals surface area contributed by atoms with E-state index in [4.69, 9.17) is 11.6 Å². The molecule has 2 aromatic heterocycles.